The van der Waals surface area contributed by atoms with Crippen molar-refractivity contribution in [3.8, 4) is 5.75 Å². The molecule has 0 aliphatic rings. The lowest BCUT2D eigenvalue weighted by atomic mass is 10.1. The van der Waals surface area contributed by atoms with Crippen LogP contribution in [-0.4, -0.2) is 16.7 Å². The Kier molecular flexibility index (Phi) is 3.84. The summed E-state index contributed by atoms with van der Waals surface area (Å²) < 4.78 is 8.30. The monoisotopic (exact) mass is 345 g/mol. The molecule has 0 amide bonds. The Balaban J connectivity index is 1.86. The number of hydrogen-bond acceptors (Lipinski definition) is 3. The summed E-state index contributed by atoms with van der Waals surface area (Å²) in [5.41, 5.74) is 9.21. The fourth-order valence-electron chi connectivity index (χ4n) is 2.43. The van der Waals surface area contributed by atoms with Gasteiger partial charge in [0.15, 0.2) is 0 Å². The van der Waals surface area contributed by atoms with Crippen LogP contribution in [0.4, 0.5) is 5.95 Å². The number of nitrogens with zero attached hydrogens (tertiary/aromatic N) is 2. The van der Waals surface area contributed by atoms with Crippen LogP contribution in [-0.2, 0) is 13.0 Å². The summed E-state index contributed by atoms with van der Waals surface area (Å²) in [6.45, 7) is 0.789. The summed E-state index contributed by atoms with van der Waals surface area (Å²) in [6.07, 6.45) is 0.878. The number of fused-ring (bicyclic) bond motifs is 1. The van der Waals surface area contributed by atoms with E-state index in [4.69, 9.17) is 10.5 Å². The van der Waals surface area contributed by atoms with Crippen LogP contribution in [0.3, 0.4) is 0 Å². The van der Waals surface area contributed by atoms with Gasteiger partial charge in [0, 0.05) is 11.0 Å². The quantitative estimate of drug-likeness (QED) is 0.785. The van der Waals surface area contributed by atoms with Crippen LogP contribution in [0.25, 0.3) is 11.0 Å². The minimum atomic E-state index is 0.547. The summed E-state index contributed by atoms with van der Waals surface area (Å²) in [7, 11) is 1.68. The maximum absolute atomic E-state index is 6.04. The van der Waals surface area contributed by atoms with E-state index in [9.17, 15) is 0 Å². The highest BCUT2D eigenvalue weighted by Gasteiger charge is 2.08. The van der Waals surface area contributed by atoms with Gasteiger partial charge in [-0.25, -0.2) is 4.98 Å². The Morgan fingerprint density at radius 2 is 2.10 bits per heavy atom. The number of aryl methyl sites for hydroxylation is 2. The molecule has 21 heavy (non-hydrogen) atoms. The van der Waals surface area contributed by atoms with E-state index in [1.165, 1.54) is 5.56 Å². The van der Waals surface area contributed by atoms with Gasteiger partial charge in [0.1, 0.15) is 5.75 Å². The lowest BCUT2D eigenvalue weighted by Gasteiger charge is -2.08. The van der Waals surface area contributed by atoms with E-state index >= 15 is 0 Å². The zero-order valence-electron chi connectivity index (χ0n) is 11.7. The van der Waals surface area contributed by atoms with Crippen molar-refractivity contribution in [2.45, 2.75) is 13.0 Å². The maximum Gasteiger partial charge on any atom is 0.201 e. The van der Waals surface area contributed by atoms with Crippen molar-refractivity contribution >= 4 is 32.9 Å². The molecule has 108 valence electrons. The van der Waals surface area contributed by atoms with Gasteiger partial charge >= 0.3 is 0 Å². The van der Waals surface area contributed by atoms with E-state index in [0.717, 1.165) is 34.2 Å². The summed E-state index contributed by atoms with van der Waals surface area (Å²) in [6, 6.07) is 14.1. The maximum atomic E-state index is 6.04. The first-order valence-electron chi connectivity index (χ1n) is 6.71. The van der Waals surface area contributed by atoms with E-state index in [1.54, 1.807) is 7.11 Å². The molecule has 0 unspecified atom stereocenters. The molecule has 0 aliphatic carbocycles. The van der Waals surface area contributed by atoms with Crippen LogP contribution in [0.1, 0.15) is 5.56 Å². The van der Waals surface area contributed by atoms with Gasteiger partial charge in [-0.1, -0.05) is 28.1 Å². The van der Waals surface area contributed by atoms with E-state index in [-0.39, 0.29) is 0 Å². The minimum absolute atomic E-state index is 0.547. The highest BCUT2D eigenvalue weighted by atomic mass is 79.9. The Morgan fingerprint density at radius 1 is 1.24 bits per heavy atom. The number of methoxy groups -OCH3 is 1. The second-order valence-corrected chi connectivity index (χ2v) is 5.77. The molecular weight excluding hydrogens is 330 g/mol. The van der Waals surface area contributed by atoms with Crippen molar-refractivity contribution in [1.29, 1.82) is 0 Å². The molecule has 2 aromatic carbocycles. The second kappa shape index (κ2) is 5.77. The van der Waals surface area contributed by atoms with Gasteiger partial charge in [-0.2, -0.15) is 0 Å². The lowest BCUT2D eigenvalue weighted by Crippen LogP contribution is -2.05. The molecule has 0 aliphatic heterocycles. The van der Waals surface area contributed by atoms with Gasteiger partial charge in [-0.3, -0.25) is 0 Å². The van der Waals surface area contributed by atoms with Crippen LogP contribution in [0.5, 0.6) is 5.75 Å². The van der Waals surface area contributed by atoms with Crippen molar-refractivity contribution in [2.75, 3.05) is 12.8 Å². The highest BCUT2D eigenvalue weighted by molar-refractivity contribution is 9.10. The second-order valence-electron chi connectivity index (χ2n) is 4.86. The van der Waals surface area contributed by atoms with Crippen LogP contribution in [0.2, 0.25) is 0 Å². The first-order valence-corrected chi connectivity index (χ1v) is 7.51. The fourth-order valence-corrected chi connectivity index (χ4v) is 2.77. The standard InChI is InChI=1S/C16H16BrN3O/c1-21-13-4-2-3-11(9-13)7-8-20-15-6-5-12(17)10-14(15)19-16(20)18/h2-6,9-10H,7-8H2,1H3,(H2,18,19). The highest BCUT2D eigenvalue weighted by Crippen LogP contribution is 2.23. The van der Waals surface area contributed by atoms with E-state index in [1.807, 2.05) is 41.0 Å². The number of anilines is 1. The number of halogens is 1. The van der Waals surface area contributed by atoms with Gasteiger partial charge in [-0.05, 0) is 42.3 Å². The third-order valence-corrected chi connectivity index (χ3v) is 3.99. The Labute approximate surface area is 131 Å². The number of benzene rings is 2. The summed E-state index contributed by atoms with van der Waals surface area (Å²) in [5.74, 6) is 1.42. The zero-order valence-corrected chi connectivity index (χ0v) is 13.3. The van der Waals surface area contributed by atoms with Crippen LogP contribution < -0.4 is 10.5 Å². The number of rotatable bonds is 4. The third kappa shape index (κ3) is 2.88. The number of hydrogen-bond donors (Lipinski definition) is 1. The molecule has 1 heterocycles. The molecule has 2 N–H and O–H groups in total. The van der Waals surface area contributed by atoms with Gasteiger partial charge in [0.2, 0.25) is 5.95 Å². The number of nitrogens with two attached hydrogens (primary N) is 1. The summed E-state index contributed by atoms with van der Waals surface area (Å²) in [4.78, 5) is 4.41. The van der Waals surface area contributed by atoms with Crippen molar-refractivity contribution in [1.82, 2.24) is 9.55 Å². The lowest BCUT2D eigenvalue weighted by molar-refractivity contribution is 0.414. The van der Waals surface area contributed by atoms with E-state index < -0.39 is 0 Å². The normalized spacial score (nSPS) is 11.0. The molecule has 0 spiro atoms. The van der Waals surface area contributed by atoms with Gasteiger partial charge in [-0.15, -0.1) is 0 Å². The topological polar surface area (TPSA) is 53.1 Å². The fraction of sp³-hybridized carbons (Fsp3) is 0.188. The van der Waals surface area contributed by atoms with Crippen LogP contribution in [0, 0.1) is 0 Å². The van der Waals surface area contributed by atoms with Crippen molar-refractivity contribution in [3.63, 3.8) is 0 Å². The molecular formula is C16H16BrN3O. The molecule has 0 saturated heterocycles. The zero-order chi connectivity index (χ0) is 14.8. The molecule has 5 heteroatoms. The van der Waals surface area contributed by atoms with Crippen molar-refractivity contribution in [3.05, 3.63) is 52.5 Å². The first-order chi connectivity index (χ1) is 10.2. The van der Waals surface area contributed by atoms with E-state index in [0.29, 0.717) is 5.95 Å². The minimum Gasteiger partial charge on any atom is -0.497 e. The van der Waals surface area contributed by atoms with Gasteiger partial charge in [0.25, 0.3) is 0 Å². The van der Waals surface area contributed by atoms with Gasteiger partial charge in [0.05, 0.1) is 18.1 Å². The van der Waals surface area contributed by atoms with Crippen molar-refractivity contribution < 1.29 is 4.74 Å². The first kappa shape index (κ1) is 13.9. The summed E-state index contributed by atoms with van der Waals surface area (Å²) >= 11 is 3.45. The molecule has 0 fully saturated rings. The Bertz CT molecular complexity index is 782. The number of imidazole rings is 1. The van der Waals surface area contributed by atoms with Crippen molar-refractivity contribution in [2.24, 2.45) is 0 Å². The van der Waals surface area contributed by atoms with Crippen LogP contribution >= 0.6 is 15.9 Å². The molecule has 4 nitrogen and oxygen atoms in total. The summed E-state index contributed by atoms with van der Waals surface area (Å²) in [5, 5.41) is 0. The molecule has 0 saturated carbocycles. The molecule has 3 aromatic rings. The predicted octanol–water partition coefficient (Wildman–Crippen LogP) is 3.63. The smallest absolute Gasteiger partial charge is 0.201 e. The molecule has 0 radical (unpaired) electrons. The van der Waals surface area contributed by atoms with E-state index in [2.05, 4.69) is 27.0 Å². The molecule has 0 bridgehead atoms. The van der Waals surface area contributed by atoms with Gasteiger partial charge < -0.3 is 15.0 Å². The number of aromatic nitrogens is 2. The molecule has 3 rings (SSSR count). The SMILES string of the molecule is COc1cccc(CCn2c(N)nc3cc(Br)ccc32)c1. The van der Waals surface area contributed by atoms with Crippen LogP contribution in [0.15, 0.2) is 46.9 Å². The third-order valence-electron chi connectivity index (χ3n) is 3.50. The predicted molar refractivity (Wildman–Crippen MR) is 88.5 cm³/mol. The number of nitrogen functional groups attached to an aromatic ring is 1. The Morgan fingerprint density at radius 3 is 2.90 bits per heavy atom. The molecule has 0 atom stereocenters. The average molecular weight is 346 g/mol. The number of ether oxygens (including phenoxy) is 1. The largest absolute Gasteiger partial charge is 0.497 e. The molecule has 1 aromatic heterocycles. The Hall–Kier alpha value is -2.01. The average Bonchev–Trinajstić information content (AvgIpc) is 2.80.